The maximum atomic E-state index is 14.0. The van der Waals surface area contributed by atoms with Gasteiger partial charge >= 0.3 is 0 Å². The van der Waals surface area contributed by atoms with Crippen LogP contribution in [0.3, 0.4) is 0 Å². The van der Waals surface area contributed by atoms with Crippen molar-refractivity contribution in [2.75, 3.05) is 19.5 Å². The molecule has 158 valence electrons. The summed E-state index contributed by atoms with van der Waals surface area (Å²) in [6, 6.07) is 0.788. The van der Waals surface area contributed by atoms with E-state index in [2.05, 4.69) is 10.1 Å². The van der Waals surface area contributed by atoms with E-state index in [0.717, 1.165) is 12.1 Å². The fourth-order valence-corrected chi connectivity index (χ4v) is 3.15. The SMILES string of the molecule is [2H]c1c(F)ccc2c(C3C([2H])([2H])C([2H])([2H])N(C([2H])([2H])C([2H])([2H])c4c(C([2H])([2H])[2H])nc5n(c4=O)CCCC5([2H])[2H])C([2H])([2H])C3([2H])[2H])noc12. The van der Waals surface area contributed by atoms with Crippen molar-refractivity contribution in [2.45, 2.75) is 57.6 Å². The minimum atomic E-state index is -4.29. The molecule has 1 aromatic carbocycles. The molecule has 4 heterocycles. The molecule has 5 rings (SSSR count). The molecule has 3 aromatic rings. The first-order valence-corrected chi connectivity index (χ1v) is 9.02. The molecule has 0 radical (unpaired) electrons. The lowest BCUT2D eigenvalue weighted by Gasteiger charge is -2.31. The molecule has 0 amide bonds. The van der Waals surface area contributed by atoms with Crippen molar-refractivity contribution in [3.8, 4) is 0 Å². The zero-order valence-corrected chi connectivity index (χ0v) is 15.3. The van der Waals surface area contributed by atoms with E-state index in [4.69, 9.17) is 29.2 Å². The first-order chi connectivity index (χ1) is 21.5. The molecule has 6 nitrogen and oxygen atoms in total. The quantitative estimate of drug-likeness (QED) is 0.635. The Kier molecular flexibility index (Phi) is 2.08. The lowest BCUT2D eigenvalue weighted by atomic mass is 9.91. The van der Waals surface area contributed by atoms with E-state index in [1.807, 2.05) is 0 Å². The summed E-state index contributed by atoms with van der Waals surface area (Å²) in [6.07, 6.45) is -14.1. The molecule has 2 aliphatic heterocycles. The lowest BCUT2D eigenvalue weighted by Crippen LogP contribution is -2.37. The van der Waals surface area contributed by atoms with Crippen LogP contribution in [-0.4, -0.2) is 39.1 Å². The van der Waals surface area contributed by atoms with Crippen LogP contribution >= 0.6 is 0 Å². The molecule has 0 spiro atoms. The minimum absolute atomic E-state index is 0.00808. The topological polar surface area (TPSA) is 64.2 Å². The summed E-state index contributed by atoms with van der Waals surface area (Å²) >= 11 is 0. The van der Waals surface area contributed by atoms with Gasteiger partial charge in [0.2, 0.25) is 0 Å². The summed E-state index contributed by atoms with van der Waals surface area (Å²) < 4.78 is 173. The number of aryl methyl sites for hydroxylation is 2. The van der Waals surface area contributed by atoms with Gasteiger partial charge in [-0.1, -0.05) is 5.16 Å². The number of fused-ring (bicyclic) bond motifs is 2. The van der Waals surface area contributed by atoms with Gasteiger partial charge in [0.15, 0.2) is 5.58 Å². The minimum Gasteiger partial charge on any atom is -0.356 e. The Labute approximate surface area is 200 Å². The summed E-state index contributed by atoms with van der Waals surface area (Å²) in [5.41, 5.74) is -5.89. The molecule has 30 heavy (non-hydrogen) atoms. The average Bonchev–Trinajstić information content (AvgIpc) is 3.32. The van der Waals surface area contributed by atoms with E-state index >= 15 is 0 Å². The highest BCUT2D eigenvalue weighted by molar-refractivity contribution is 5.79. The van der Waals surface area contributed by atoms with Crippen LogP contribution in [-0.2, 0) is 19.3 Å². The first-order valence-electron chi connectivity index (χ1n) is 18.0. The third kappa shape index (κ3) is 3.55. The predicted molar refractivity (Wildman–Crippen MR) is 112 cm³/mol. The van der Waals surface area contributed by atoms with Gasteiger partial charge in [0.1, 0.15) is 11.6 Å². The standard InChI is InChI=1S/C23H27FN4O2/c1-15-18(23(29)28-10-3-2-4-21(28)25-15)9-13-27-11-7-16(8-12-27)22-19-6-5-17(24)14-20(19)30-26-22/h5-6,14,16H,2-4,7-13H2,1H3/i1D3,4D2,7D2,8D2,9D2,11D2,12D2,13D2,14D. The first kappa shape index (κ1) is 7.86. The van der Waals surface area contributed by atoms with E-state index in [1.165, 1.54) is 0 Å². The number of rotatable bonds is 4. The van der Waals surface area contributed by atoms with Crippen LogP contribution in [0.15, 0.2) is 27.5 Å². The van der Waals surface area contributed by atoms with Gasteiger partial charge in [-0.05, 0) is 63.9 Å². The molecule has 1 saturated heterocycles. The van der Waals surface area contributed by atoms with Gasteiger partial charge < -0.3 is 9.42 Å². The van der Waals surface area contributed by atoms with Gasteiger partial charge in [0, 0.05) is 71.3 Å². The van der Waals surface area contributed by atoms with Gasteiger partial charge in [-0.2, -0.15) is 0 Å². The summed E-state index contributed by atoms with van der Waals surface area (Å²) in [5.74, 6) is -4.40. The number of nitrogens with zero attached hydrogens (tertiary/aromatic N) is 4. The summed E-state index contributed by atoms with van der Waals surface area (Å²) in [7, 11) is 0. The van der Waals surface area contributed by atoms with E-state index < -0.39 is 108 Å². The van der Waals surface area contributed by atoms with Gasteiger partial charge in [-0.25, -0.2) is 9.37 Å². The van der Waals surface area contributed by atoms with Crippen LogP contribution in [0.4, 0.5) is 4.39 Å². The van der Waals surface area contributed by atoms with Crippen molar-refractivity contribution in [3.05, 3.63) is 57.1 Å². The Morgan fingerprint density at radius 3 is 3.10 bits per heavy atom. The predicted octanol–water partition coefficient (Wildman–Crippen LogP) is 3.59. The molecular formula is C23H27FN4O2. The molecule has 0 saturated carbocycles. The normalized spacial score (nSPS) is 36.7. The van der Waals surface area contributed by atoms with Crippen molar-refractivity contribution >= 4 is 11.0 Å². The Morgan fingerprint density at radius 1 is 1.40 bits per heavy atom. The Bertz CT molecular complexity index is 1840. The van der Waals surface area contributed by atoms with Crippen molar-refractivity contribution in [2.24, 2.45) is 0 Å². The highest BCUT2D eigenvalue weighted by Gasteiger charge is 2.25. The van der Waals surface area contributed by atoms with Crippen LogP contribution < -0.4 is 5.56 Å². The van der Waals surface area contributed by atoms with Crippen molar-refractivity contribution < 1.29 is 33.6 Å². The Balaban J connectivity index is 1.77. The molecular weight excluding hydrogens is 383 g/mol. The summed E-state index contributed by atoms with van der Waals surface area (Å²) in [5, 5.41) is 3.14. The number of hydrogen-bond donors (Lipinski definition) is 0. The smallest absolute Gasteiger partial charge is 0.256 e. The van der Waals surface area contributed by atoms with E-state index in [-0.39, 0.29) is 24.8 Å². The van der Waals surface area contributed by atoms with Crippen LogP contribution in [0.5, 0.6) is 0 Å². The molecule has 0 unspecified atom stereocenters. The zero-order valence-electron chi connectivity index (χ0n) is 33.3. The second kappa shape index (κ2) is 7.95. The van der Waals surface area contributed by atoms with Gasteiger partial charge in [-0.3, -0.25) is 9.36 Å². The zero-order chi connectivity index (χ0) is 36.6. The number of hydrogen-bond acceptors (Lipinski definition) is 5. The van der Waals surface area contributed by atoms with Crippen LogP contribution in [0.25, 0.3) is 11.0 Å². The fourth-order valence-electron chi connectivity index (χ4n) is 3.15. The second-order valence-electron chi connectivity index (χ2n) is 6.53. The van der Waals surface area contributed by atoms with Crippen molar-refractivity contribution in [3.63, 3.8) is 0 Å². The van der Waals surface area contributed by atoms with Crippen LogP contribution in [0.2, 0.25) is 0 Å². The van der Waals surface area contributed by atoms with E-state index in [9.17, 15) is 9.18 Å². The third-order valence-electron chi connectivity index (χ3n) is 4.60. The molecule has 0 N–H and O–H groups in total. The van der Waals surface area contributed by atoms with Crippen LogP contribution in [0.1, 0.15) is 79.0 Å². The van der Waals surface area contributed by atoms with Crippen LogP contribution in [0, 0.1) is 12.7 Å². The number of likely N-dealkylation sites (tertiary alicyclic amines) is 1. The fraction of sp³-hybridized carbons (Fsp3) is 0.522. The molecule has 0 atom stereocenters. The maximum Gasteiger partial charge on any atom is 0.256 e. The second-order valence-corrected chi connectivity index (χ2v) is 6.53. The number of piperidine rings is 1. The molecule has 2 aromatic heterocycles. The number of halogens is 1. The number of benzene rings is 1. The number of aromatic nitrogens is 3. The van der Waals surface area contributed by atoms with Crippen molar-refractivity contribution in [1.29, 1.82) is 0 Å². The lowest BCUT2D eigenvalue weighted by molar-refractivity contribution is 0.211. The van der Waals surface area contributed by atoms with Gasteiger partial charge in [0.25, 0.3) is 5.56 Å². The van der Waals surface area contributed by atoms with Gasteiger partial charge in [-0.15, -0.1) is 0 Å². The molecule has 0 bridgehead atoms. The monoisotopic (exact) mass is 428 g/mol. The largest absolute Gasteiger partial charge is 0.356 e. The molecule has 0 aliphatic carbocycles. The molecule has 1 fully saturated rings. The highest BCUT2D eigenvalue weighted by Crippen LogP contribution is 2.32. The van der Waals surface area contributed by atoms with E-state index in [0.29, 0.717) is 4.57 Å². The van der Waals surface area contributed by atoms with Crippen molar-refractivity contribution in [1.82, 2.24) is 19.6 Å². The average molecular weight is 429 g/mol. The van der Waals surface area contributed by atoms with E-state index in [1.54, 1.807) is 0 Å². The third-order valence-corrected chi connectivity index (χ3v) is 4.60. The van der Waals surface area contributed by atoms with Gasteiger partial charge in [0.05, 0.1) is 7.06 Å². The summed E-state index contributed by atoms with van der Waals surface area (Å²) in [4.78, 5) is 16.8. The molecule has 2 aliphatic rings. The Hall–Kier alpha value is -2.54. The highest BCUT2D eigenvalue weighted by atomic mass is 19.1. The maximum absolute atomic E-state index is 14.0. The molecule has 7 heteroatoms. The Morgan fingerprint density at radius 2 is 2.27 bits per heavy atom. The summed E-state index contributed by atoms with van der Waals surface area (Å²) in [6.45, 7) is -16.2.